The number of nitrogen functional groups attached to an aromatic ring is 1. The standard InChI is InChI=1S/C8H9ClN2O2/c9-6-2-1-4(10)3-5(6)7(11)8(12)13/h1-3,7H,10-11H2,(H,12,13)/t7-/m0/s1. The molecule has 0 aliphatic heterocycles. The van der Waals surface area contributed by atoms with E-state index in [2.05, 4.69) is 0 Å². The molecular formula is C8H9ClN2O2. The van der Waals surface area contributed by atoms with Gasteiger partial charge in [0.1, 0.15) is 6.04 Å². The highest BCUT2D eigenvalue weighted by Crippen LogP contribution is 2.23. The molecule has 5 N–H and O–H groups in total. The van der Waals surface area contributed by atoms with Crippen LogP contribution in [0.4, 0.5) is 5.69 Å². The monoisotopic (exact) mass is 200 g/mol. The highest BCUT2D eigenvalue weighted by molar-refractivity contribution is 6.31. The van der Waals surface area contributed by atoms with Crippen molar-refractivity contribution in [2.45, 2.75) is 6.04 Å². The topological polar surface area (TPSA) is 89.3 Å². The molecule has 70 valence electrons. The van der Waals surface area contributed by atoms with Crippen molar-refractivity contribution in [3.05, 3.63) is 28.8 Å². The minimum Gasteiger partial charge on any atom is -0.480 e. The van der Waals surface area contributed by atoms with E-state index in [9.17, 15) is 4.79 Å². The van der Waals surface area contributed by atoms with Crippen molar-refractivity contribution in [2.75, 3.05) is 5.73 Å². The Morgan fingerprint density at radius 1 is 1.54 bits per heavy atom. The van der Waals surface area contributed by atoms with Gasteiger partial charge in [0, 0.05) is 16.3 Å². The summed E-state index contributed by atoms with van der Waals surface area (Å²) in [4.78, 5) is 10.5. The Morgan fingerprint density at radius 2 is 2.15 bits per heavy atom. The zero-order valence-corrected chi connectivity index (χ0v) is 7.45. The average molecular weight is 201 g/mol. The van der Waals surface area contributed by atoms with Gasteiger partial charge in [-0.15, -0.1) is 0 Å². The van der Waals surface area contributed by atoms with Crippen LogP contribution in [0.25, 0.3) is 0 Å². The van der Waals surface area contributed by atoms with Gasteiger partial charge in [-0.1, -0.05) is 11.6 Å². The van der Waals surface area contributed by atoms with E-state index in [1.54, 1.807) is 6.07 Å². The zero-order chi connectivity index (χ0) is 10.0. The van der Waals surface area contributed by atoms with E-state index in [4.69, 9.17) is 28.2 Å². The summed E-state index contributed by atoms with van der Waals surface area (Å²) in [6.07, 6.45) is 0. The van der Waals surface area contributed by atoms with E-state index < -0.39 is 12.0 Å². The summed E-state index contributed by atoms with van der Waals surface area (Å²) in [5.41, 5.74) is 11.6. The zero-order valence-electron chi connectivity index (χ0n) is 6.70. The van der Waals surface area contributed by atoms with Gasteiger partial charge < -0.3 is 16.6 Å². The lowest BCUT2D eigenvalue weighted by atomic mass is 10.1. The van der Waals surface area contributed by atoms with Crippen molar-refractivity contribution in [1.29, 1.82) is 0 Å². The third-order valence-corrected chi connectivity index (χ3v) is 1.97. The SMILES string of the molecule is Nc1ccc(Cl)c([C@H](N)C(=O)O)c1. The first-order valence-electron chi connectivity index (χ1n) is 3.55. The van der Waals surface area contributed by atoms with Crippen LogP contribution in [0.3, 0.4) is 0 Å². The summed E-state index contributed by atoms with van der Waals surface area (Å²) in [7, 11) is 0. The van der Waals surface area contributed by atoms with Gasteiger partial charge >= 0.3 is 5.97 Å². The van der Waals surface area contributed by atoms with Gasteiger partial charge in [0.25, 0.3) is 0 Å². The molecule has 0 aliphatic rings. The molecule has 0 radical (unpaired) electrons. The Hall–Kier alpha value is -1.26. The largest absolute Gasteiger partial charge is 0.480 e. The maximum absolute atomic E-state index is 10.5. The van der Waals surface area contributed by atoms with Crippen LogP contribution in [0, 0.1) is 0 Å². The normalized spacial score (nSPS) is 12.5. The second kappa shape index (κ2) is 3.64. The van der Waals surface area contributed by atoms with Gasteiger partial charge in [-0.3, -0.25) is 4.79 Å². The number of aliphatic carboxylic acids is 1. The fraction of sp³-hybridized carbons (Fsp3) is 0.125. The second-order valence-electron chi connectivity index (χ2n) is 2.60. The van der Waals surface area contributed by atoms with E-state index in [1.807, 2.05) is 0 Å². The molecule has 0 unspecified atom stereocenters. The molecular weight excluding hydrogens is 192 g/mol. The summed E-state index contributed by atoms with van der Waals surface area (Å²) in [5.74, 6) is -1.13. The molecule has 1 aromatic rings. The van der Waals surface area contributed by atoms with Crippen LogP contribution in [0.5, 0.6) is 0 Å². The first-order valence-corrected chi connectivity index (χ1v) is 3.93. The number of anilines is 1. The fourth-order valence-electron chi connectivity index (χ4n) is 0.934. The minimum atomic E-state index is -1.13. The Bertz CT molecular complexity index is 341. The van der Waals surface area contributed by atoms with Gasteiger partial charge in [-0.2, -0.15) is 0 Å². The fourth-order valence-corrected chi connectivity index (χ4v) is 1.17. The Morgan fingerprint density at radius 3 is 2.69 bits per heavy atom. The lowest BCUT2D eigenvalue weighted by Gasteiger charge is -2.09. The molecule has 0 aromatic heterocycles. The lowest BCUT2D eigenvalue weighted by Crippen LogP contribution is -2.21. The molecule has 0 saturated heterocycles. The quantitative estimate of drug-likeness (QED) is 0.622. The summed E-state index contributed by atoms with van der Waals surface area (Å²) in [5, 5.41) is 8.94. The van der Waals surface area contributed by atoms with Crippen LogP contribution >= 0.6 is 11.6 Å². The van der Waals surface area contributed by atoms with Gasteiger partial charge in [0.05, 0.1) is 0 Å². The molecule has 0 fully saturated rings. The lowest BCUT2D eigenvalue weighted by molar-refractivity contribution is -0.138. The summed E-state index contributed by atoms with van der Waals surface area (Å²) in [6, 6.07) is 3.44. The second-order valence-corrected chi connectivity index (χ2v) is 3.00. The third kappa shape index (κ3) is 2.11. The van der Waals surface area contributed by atoms with E-state index in [0.717, 1.165) is 0 Å². The smallest absolute Gasteiger partial charge is 0.325 e. The van der Waals surface area contributed by atoms with Crippen molar-refractivity contribution < 1.29 is 9.90 Å². The van der Waals surface area contributed by atoms with Gasteiger partial charge in [0.15, 0.2) is 0 Å². The molecule has 1 aromatic carbocycles. The van der Waals surface area contributed by atoms with Crippen molar-refractivity contribution in [3.8, 4) is 0 Å². The van der Waals surface area contributed by atoms with Crippen molar-refractivity contribution in [2.24, 2.45) is 5.73 Å². The Balaban J connectivity index is 3.12. The molecule has 1 atom stereocenters. The van der Waals surface area contributed by atoms with Gasteiger partial charge in [0.2, 0.25) is 0 Å². The first-order chi connectivity index (χ1) is 6.02. The van der Waals surface area contributed by atoms with E-state index in [-0.39, 0.29) is 0 Å². The molecule has 0 amide bonds. The number of benzene rings is 1. The van der Waals surface area contributed by atoms with Crippen LogP contribution in [-0.2, 0) is 4.79 Å². The molecule has 4 nitrogen and oxygen atoms in total. The molecule has 0 bridgehead atoms. The first kappa shape index (κ1) is 9.83. The number of carboxylic acid groups (broad SMARTS) is 1. The Kier molecular flexibility index (Phi) is 2.75. The highest BCUT2D eigenvalue weighted by Gasteiger charge is 2.17. The number of halogens is 1. The number of hydrogen-bond donors (Lipinski definition) is 3. The van der Waals surface area contributed by atoms with Crippen LogP contribution in [0.1, 0.15) is 11.6 Å². The van der Waals surface area contributed by atoms with Crippen LogP contribution in [0.2, 0.25) is 5.02 Å². The van der Waals surface area contributed by atoms with Gasteiger partial charge in [-0.25, -0.2) is 0 Å². The average Bonchev–Trinajstić information content (AvgIpc) is 2.08. The highest BCUT2D eigenvalue weighted by atomic mass is 35.5. The van der Waals surface area contributed by atoms with Crippen LogP contribution in [0.15, 0.2) is 18.2 Å². The summed E-state index contributed by atoms with van der Waals surface area (Å²) >= 11 is 5.74. The van der Waals surface area contributed by atoms with E-state index in [0.29, 0.717) is 16.3 Å². The summed E-state index contributed by atoms with van der Waals surface area (Å²) < 4.78 is 0. The molecule has 5 heteroatoms. The number of rotatable bonds is 2. The number of nitrogens with two attached hydrogens (primary N) is 2. The molecule has 0 aliphatic carbocycles. The number of hydrogen-bond acceptors (Lipinski definition) is 3. The predicted octanol–water partition coefficient (Wildman–Crippen LogP) is 1.01. The summed E-state index contributed by atoms with van der Waals surface area (Å²) in [6.45, 7) is 0. The van der Waals surface area contributed by atoms with Crippen LogP contribution in [-0.4, -0.2) is 11.1 Å². The molecule has 13 heavy (non-hydrogen) atoms. The Labute approximate surface area is 80.1 Å². The number of carboxylic acids is 1. The minimum absolute atomic E-state index is 0.309. The van der Waals surface area contributed by atoms with Crippen molar-refractivity contribution in [3.63, 3.8) is 0 Å². The van der Waals surface area contributed by atoms with E-state index >= 15 is 0 Å². The molecule has 0 saturated carbocycles. The van der Waals surface area contributed by atoms with Crippen LogP contribution < -0.4 is 11.5 Å². The predicted molar refractivity (Wildman–Crippen MR) is 50.4 cm³/mol. The maximum atomic E-state index is 10.5. The number of carbonyl (C=O) groups is 1. The molecule has 1 rings (SSSR count). The maximum Gasteiger partial charge on any atom is 0.325 e. The van der Waals surface area contributed by atoms with Crippen molar-refractivity contribution in [1.82, 2.24) is 0 Å². The molecule has 0 spiro atoms. The third-order valence-electron chi connectivity index (χ3n) is 1.62. The van der Waals surface area contributed by atoms with Gasteiger partial charge in [-0.05, 0) is 18.2 Å². The molecule has 0 heterocycles. The van der Waals surface area contributed by atoms with E-state index in [1.165, 1.54) is 12.1 Å². The van der Waals surface area contributed by atoms with Crippen molar-refractivity contribution >= 4 is 23.3 Å².